The molecule has 0 fully saturated rings. The van der Waals surface area contributed by atoms with E-state index in [9.17, 15) is 18.0 Å². The summed E-state index contributed by atoms with van der Waals surface area (Å²) in [6, 6.07) is 9.38. The number of anilines is 1. The summed E-state index contributed by atoms with van der Waals surface area (Å²) >= 11 is 0. The van der Waals surface area contributed by atoms with Crippen molar-refractivity contribution in [1.29, 1.82) is 0 Å². The second-order valence-electron chi connectivity index (χ2n) is 6.69. The highest BCUT2D eigenvalue weighted by molar-refractivity contribution is 5.72. The first-order chi connectivity index (χ1) is 12.1. The van der Waals surface area contributed by atoms with E-state index in [0.717, 1.165) is 28.5 Å². The smallest absolute Gasteiger partial charge is 0.406 e. The topological polar surface area (TPSA) is 55.6 Å². The molecule has 2 aromatic rings. The summed E-state index contributed by atoms with van der Waals surface area (Å²) in [6.45, 7) is 4.71. The van der Waals surface area contributed by atoms with Gasteiger partial charge in [-0.05, 0) is 60.4 Å². The minimum atomic E-state index is -4.72. The van der Waals surface area contributed by atoms with Crippen LogP contribution in [0.15, 0.2) is 36.4 Å². The van der Waals surface area contributed by atoms with Crippen LogP contribution in [0.5, 0.6) is 5.75 Å². The summed E-state index contributed by atoms with van der Waals surface area (Å²) in [4.78, 5) is 13.9. The molecule has 1 aliphatic heterocycles. The summed E-state index contributed by atoms with van der Waals surface area (Å²) < 4.78 is 40.7. The van der Waals surface area contributed by atoms with E-state index in [1.807, 2.05) is 30.9 Å². The van der Waals surface area contributed by atoms with Gasteiger partial charge in [-0.1, -0.05) is 12.1 Å². The first-order valence-electron chi connectivity index (χ1n) is 8.08. The summed E-state index contributed by atoms with van der Waals surface area (Å²) in [5.41, 5.74) is 9.42. The molecule has 7 heteroatoms. The average molecular weight is 364 g/mol. The zero-order valence-corrected chi connectivity index (χ0v) is 14.4. The molecule has 4 nitrogen and oxygen atoms in total. The number of alkyl halides is 3. The third kappa shape index (κ3) is 3.39. The predicted molar refractivity (Wildman–Crippen MR) is 91.4 cm³/mol. The van der Waals surface area contributed by atoms with Crippen LogP contribution in [0.1, 0.15) is 29.2 Å². The quantitative estimate of drug-likeness (QED) is 0.660. The Balaban J connectivity index is 1.84. The largest absolute Gasteiger partial charge is 0.573 e. The summed E-state index contributed by atoms with van der Waals surface area (Å²) in [6.07, 6.45) is -3.81. The third-order valence-electron chi connectivity index (χ3n) is 4.72. The van der Waals surface area contributed by atoms with Crippen molar-refractivity contribution < 1.29 is 22.7 Å². The molecule has 0 amide bonds. The molecule has 2 N–H and O–H groups in total. The zero-order chi connectivity index (χ0) is 19.1. The van der Waals surface area contributed by atoms with Crippen molar-refractivity contribution in [1.82, 2.24) is 4.90 Å². The Morgan fingerprint density at radius 2 is 1.92 bits per heavy atom. The zero-order valence-electron chi connectivity index (χ0n) is 14.4. The SMILES string of the molecule is Cc1cc(N)cc2c1C(C)(C=O)N(Cc1ccc(OC(F)(F)F)cc1)C2. The molecular formula is C19H19F3N2O2. The van der Waals surface area contributed by atoms with E-state index in [1.165, 1.54) is 12.1 Å². The number of nitrogens with zero attached hydrogens (tertiary/aromatic N) is 1. The molecular weight excluding hydrogens is 345 g/mol. The Hall–Kier alpha value is -2.54. The van der Waals surface area contributed by atoms with Crippen molar-refractivity contribution in [2.75, 3.05) is 5.73 Å². The second kappa shape index (κ2) is 6.32. The van der Waals surface area contributed by atoms with E-state index in [4.69, 9.17) is 5.73 Å². The molecule has 3 rings (SSSR count). The lowest BCUT2D eigenvalue weighted by Crippen LogP contribution is -2.39. The summed E-state index contributed by atoms with van der Waals surface area (Å²) in [5, 5.41) is 0. The summed E-state index contributed by atoms with van der Waals surface area (Å²) in [7, 11) is 0. The van der Waals surface area contributed by atoms with E-state index in [2.05, 4.69) is 4.74 Å². The molecule has 2 aromatic carbocycles. The van der Waals surface area contributed by atoms with Crippen molar-refractivity contribution in [2.24, 2.45) is 0 Å². The second-order valence-corrected chi connectivity index (χ2v) is 6.69. The van der Waals surface area contributed by atoms with Gasteiger partial charge in [-0.15, -0.1) is 13.2 Å². The maximum absolute atomic E-state index is 12.3. The van der Waals surface area contributed by atoms with Gasteiger partial charge in [0, 0.05) is 18.8 Å². The number of aldehydes is 1. The maximum Gasteiger partial charge on any atom is 0.573 e. The van der Waals surface area contributed by atoms with Gasteiger partial charge in [-0.2, -0.15) is 0 Å². The van der Waals surface area contributed by atoms with E-state index in [0.29, 0.717) is 18.8 Å². The lowest BCUT2D eigenvalue weighted by Gasteiger charge is -2.31. The Labute approximate surface area is 149 Å². The van der Waals surface area contributed by atoms with Gasteiger partial charge in [0.05, 0.1) is 0 Å². The number of benzene rings is 2. The van der Waals surface area contributed by atoms with Gasteiger partial charge in [-0.3, -0.25) is 4.90 Å². The third-order valence-corrected chi connectivity index (χ3v) is 4.72. The van der Waals surface area contributed by atoms with E-state index < -0.39 is 11.9 Å². The Kier molecular flexibility index (Phi) is 4.44. The van der Waals surface area contributed by atoms with Crippen LogP contribution >= 0.6 is 0 Å². The lowest BCUT2D eigenvalue weighted by atomic mass is 9.88. The molecule has 1 aliphatic rings. The minimum Gasteiger partial charge on any atom is -0.406 e. The predicted octanol–water partition coefficient (Wildman–Crippen LogP) is 3.91. The van der Waals surface area contributed by atoms with Crippen LogP contribution < -0.4 is 10.5 Å². The van der Waals surface area contributed by atoms with Crippen molar-refractivity contribution in [3.05, 3.63) is 58.7 Å². The van der Waals surface area contributed by atoms with Crippen LogP contribution in [0.2, 0.25) is 0 Å². The van der Waals surface area contributed by atoms with Crippen LogP contribution in [0, 0.1) is 6.92 Å². The average Bonchev–Trinajstić information content (AvgIpc) is 2.80. The van der Waals surface area contributed by atoms with Gasteiger partial charge in [0.2, 0.25) is 0 Å². The van der Waals surface area contributed by atoms with Gasteiger partial charge in [0.15, 0.2) is 0 Å². The molecule has 0 aromatic heterocycles. The number of carbonyl (C=O) groups excluding carboxylic acids is 1. The lowest BCUT2D eigenvalue weighted by molar-refractivity contribution is -0.274. The van der Waals surface area contributed by atoms with Crippen molar-refractivity contribution in [2.45, 2.75) is 38.8 Å². The molecule has 1 heterocycles. The number of nitrogens with two attached hydrogens (primary N) is 1. The monoisotopic (exact) mass is 364 g/mol. The van der Waals surface area contributed by atoms with E-state index >= 15 is 0 Å². The highest BCUT2D eigenvalue weighted by Crippen LogP contribution is 2.41. The fourth-order valence-corrected chi connectivity index (χ4v) is 3.64. The number of hydrogen-bond acceptors (Lipinski definition) is 4. The molecule has 0 saturated heterocycles. The summed E-state index contributed by atoms with van der Waals surface area (Å²) in [5.74, 6) is -0.271. The maximum atomic E-state index is 12.3. The first-order valence-corrected chi connectivity index (χ1v) is 8.08. The van der Waals surface area contributed by atoms with Crippen LogP contribution in [-0.2, 0) is 23.4 Å². The molecule has 0 bridgehead atoms. The number of nitrogen functional groups attached to an aromatic ring is 1. The molecule has 1 unspecified atom stereocenters. The molecule has 0 radical (unpaired) electrons. The Morgan fingerprint density at radius 1 is 1.27 bits per heavy atom. The normalized spacial score (nSPS) is 20.0. The number of rotatable bonds is 4. The highest BCUT2D eigenvalue weighted by atomic mass is 19.4. The molecule has 0 aliphatic carbocycles. The number of hydrogen-bond donors (Lipinski definition) is 1. The molecule has 26 heavy (non-hydrogen) atoms. The molecule has 138 valence electrons. The van der Waals surface area contributed by atoms with Crippen molar-refractivity contribution in [3.8, 4) is 5.75 Å². The fourth-order valence-electron chi connectivity index (χ4n) is 3.64. The van der Waals surface area contributed by atoms with Gasteiger partial charge in [0.1, 0.15) is 17.6 Å². The number of aryl methyl sites for hydroxylation is 1. The Morgan fingerprint density at radius 3 is 2.50 bits per heavy atom. The molecule has 0 saturated carbocycles. The van der Waals surface area contributed by atoms with E-state index in [1.54, 1.807) is 12.1 Å². The highest BCUT2D eigenvalue weighted by Gasteiger charge is 2.42. The van der Waals surface area contributed by atoms with Crippen LogP contribution in [-0.4, -0.2) is 17.5 Å². The Bertz CT molecular complexity index is 834. The molecule has 1 atom stereocenters. The van der Waals surface area contributed by atoms with Gasteiger partial charge in [-0.25, -0.2) is 0 Å². The number of fused-ring (bicyclic) bond motifs is 1. The van der Waals surface area contributed by atoms with Crippen LogP contribution in [0.25, 0.3) is 0 Å². The van der Waals surface area contributed by atoms with E-state index in [-0.39, 0.29) is 5.75 Å². The minimum absolute atomic E-state index is 0.271. The first kappa shape index (κ1) is 18.3. The van der Waals surface area contributed by atoms with Crippen molar-refractivity contribution in [3.63, 3.8) is 0 Å². The number of ether oxygens (including phenoxy) is 1. The molecule has 0 spiro atoms. The fraction of sp³-hybridized carbons (Fsp3) is 0.316. The van der Waals surface area contributed by atoms with Gasteiger partial charge in [0.25, 0.3) is 0 Å². The number of halogens is 3. The van der Waals surface area contributed by atoms with Crippen LogP contribution in [0.3, 0.4) is 0 Å². The number of carbonyl (C=O) groups is 1. The van der Waals surface area contributed by atoms with Gasteiger partial charge >= 0.3 is 6.36 Å². The van der Waals surface area contributed by atoms with Gasteiger partial charge < -0.3 is 15.3 Å². The standard InChI is InChI=1S/C19H19F3N2O2/c1-12-7-15(23)8-14-10-24(18(2,11-25)17(12)14)9-13-3-5-16(6-4-13)26-19(20,21)22/h3-8,11H,9-10,23H2,1-2H3. The van der Waals surface area contributed by atoms with Crippen molar-refractivity contribution >= 4 is 12.0 Å². The van der Waals surface area contributed by atoms with Crippen LogP contribution in [0.4, 0.5) is 18.9 Å².